The lowest BCUT2D eigenvalue weighted by Gasteiger charge is -2.14. The minimum absolute atomic E-state index is 0.174. The first kappa shape index (κ1) is 23.9. The average Bonchev–Trinajstić information content (AvgIpc) is 3.06. The van der Waals surface area contributed by atoms with E-state index >= 15 is 0 Å². The monoisotopic (exact) mass is 497 g/mol. The largest absolute Gasteiger partial charge is 0.493 e. The Morgan fingerprint density at radius 2 is 1.82 bits per heavy atom. The van der Waals surface area contributed by atoms with Gasteiger partial charge in [0.05, 0.1) is 23.6 Å². The first-order valence-corrected chi connectivity index (χ1v) is 11.6. The van der Waals surface area contributed by atoms with E-state index < -0.39 is 0 Å². The number of nitrogens with zero attached hydrogens (tertiary/aromatic N) is 1. The average molecular weight is 498 g/mol. The van der Waals surface area contributed by atoms with Crippen molar-refractivity contribution in [2.75, 3.05) is 7.11 Å². The fourth-order valence-corrected chi connectivity index (χ4v) is 4.59. The van der Waals surface area contributed by atoms with Crippen molar-refractivity contribution >= 4 is 40.6 Å². The molecule has 0 aromatic heterocycles. The molecule has 0 spiro atoms. The van der Waals surface area contributed by atoms with E-state index in [1.54, 1.807) is 30.3 Å². The highest BCUT2D eigenvalue weighted by Gasteiger charge is 2.35. The predicted octanol–water partition coefficient (Wildman–Crippen LogP) is 6.61. The lowest BCUT2D eigenvalue weighted by molar-refractivity contribution is -0.123. The van der Waals surface area contributed by atoms with Gasteiger partial charge in [-0.05, 0) is 65.7 Å². The molecule has 1 heterocycles. The molecule has 0 bridgehead atoms. The minimum atomic E-state index is -0.358. The lowest BCUT2D eigenvalue weighted by atomic mass is 10.1. The topological polar surface area (TPSA) is 55.8 Å². The Morgan fingerprint density at radius 3 is 2.53 bits per heavy atom. The zero-order chi connectivity index (χ0) is 24.2. The molecule has 0 aliphatic carbocycles. The number of rotatable bonds is 7. The van der Waals surface area contributed by atoms with Gasteiger partial charge in [0.1, 0.15) is 12.4 Å². The van der Waals surface area contributed by atoms with Crippen LogP contribution in [-0.2, 0) is 17.9 Å². The van der Waals surface area contributed by atoms with Crippen LogP contribution in [0.2, 0.25) is 5.02 Å². The summed E-state index contributed by atoms with van der Waals surface area (Å²) in [5.74, 6) is 0.0216. The minimum Gasteiger partial charge on any atom is -0.493 e. The van der Waals surface area contributed by atoms with Gasteiger partial charge in [0.25, 0.3) is 11.1 Å². The third-order valence-corrected chi connectivity index (χ3v) is 6.33. The second-order valence-corrected chi connectivity index (χ2v) is 9.11. The highest BCUT2D eigenvalue weighted by atomic mass is 35.5. The van der Waals surface area contributed by atoms with Gasteiger partial charge in [-0.1, -0.05) is 53.6 Å². The zero-order valence-corrected chi connectivity index (χ0v) is 20.1. The maximum atomic E-state index is 13.1. The maximum Gasteiger partial charge on any atom is 0.293 e. The number of amides is 2. The molecular weight excluding hydrogens is 477 g/mol. The molecule has 1 saturated heterocycles. The number of hydrogen-bond acceptors (Lipinski definition) is 5. The van der Waals surface area contributed by atoms with Crippen LogP contribution in [0.1, 0.15) is 22.3 Å². The summed E-state index contributed by atoms with van der Waals surface area (Å²) in [5, 5.41) is -0.0400. The van der Waals surface area contributed by atoms with Crippen LogP contribution in [0.4, 0.5) is 9.18 Å². The van der Waals surface area contributed by atoms with Gasteiger partial charge in [-0.3, -0.25) is 14.5 Å². The summed E-state index contributed by atoms with van der Waals surface area (Å²) < 4.78 is 24.3. The number of carbonyl (C=O) groups excluding carboxylic acids is 2. The van der Waals surface area contributed by atoms with Gasteiger partial charge in [-0.15, -0.1) is 0 Å². The molecule has 4 rings (SSSR count). The molecule has 2 amide bonds. The maximum absolute atomic E-state index is 13.1. The summed E-state index contributed by atoms with van der Waals surface area (Å²) in [6.45, 7) is 2.35. The van der Waals surface area contributed by atoms with Gasteiger partial charge in [0.2, 0.25) is 0 Å². The van der Waals surface area contributed by atoms with E-state index in [2.05, 4.69) is 0 Å². The third-order valence-electron chi connectivity index (χ3n) is 5.14. The molecule has 3 aromatic rings. The van der Waals surface area contributed by atoms with E-state index in [9.17, 15) is 14.0 Å². The molecule has 1 aliphatic rings. The number of aryl methyl sites for hydroxylation is 1. The van der Waals surface area contributed by atoms with Gasteiger partial charge in [-0.2, -0.15) is 0 Å². The van der Waals surface area contributed by atoms with Crippen molar-refractivity contribution in [1.82, 2.24) is 4.90 Å². The highest BCUT2D eigenvalue weighted by molar-refractivity contribution is 8.18. The summed E-state index contributed by atoms with van der Waals surface area (Å²) in [5.41, 5.74) is 3.31. The number of hydrogen-bond donors (Lipinski definition) is 0. The van der Waals surface area contributed by atoms with Gasteiger partial charge >= 0.3 is 0 Å². The van der Waals surface area contributed by atoms with Crippen molar-refractivity contribution in [1.29, 1.82) is 0 Å². The van der Waals surface area contributed by atoms with Crippen LogP contribution in [0.3, 0.4) is 0 Å². The number of benzene rings is 3. The quantitative estimate of drug-likeness (QED) is 0.344. The first-order valence-electron chi connectivity index (χ1n) is 10.4. The number of ether oxygens (including phenoxy) is 2. The normalized spacial score (nSPS) is 14.7. The number of methoxy groups -OCH3 is 1. The number of thioether (sulfide) groups is 1. The number of halogens is 2. The van der Waals surface area contributed by atoms with Crippen molar-refractivity contribution < 1.29 is 23.5 Å². The van der Waals surface area contributed by atoms with Gasteiger partial charge in [-0.25, -0.2) is 4.39 Å². The van der Waals surface area contributed by atoms with Crippen LogP contribution in [0.15, 0.2) is 65.6 Å². The smallest absolute Gasteiger partial charge is 0.293 e. The van der Waals surface area contributed by atoms with Crippen LogP contribution >= 0.6 is 23.4 Å². The van der Waals surface area contributed by atoms with Crippen molar-refractivity contribution in [2.24, 2.45) is 0 Å². The molecule has 174 valence electrons. The second-order valence-electron chi connectivity index (χ2n) is 7.71. The Balaban J connectivity index is 1.53. The summed E-state index contributed by atoms with van der Waals surface area (Å²) in [6.07, 6.45) is 1.61. The van der Waals surface area contributed by atoms with Crippen LogP contribution in [0.5, 0.6) is 11.5 Å². The van der Waals surface area contributed by atoms with Crippen molar-refractivity contribution in [3.05, 3.63) is 98.7 Å². The number of imide groups is 1. The molecule has 3 aromatic carbocycles. The molecule has 5 nitrogen and oxygen atoms in total. The van der Waals surface area contributed by atoms with Crippen LogP contribution in [0.25, 0.3) is 6.08 Å². The second kappa shape index (κ2) is 10.3. The summed E-state index contributed by atoms with van der Waals surface area (Å²) in [4.78, 5) is 26.9. The standard InChI is InChI=1S/C26H21ClFNO4S/c1-16-4-3-5-18(10-16)14-29-25(30)23(34-26(29)31)13-19-11-21(27)24(22(12-19)32-2)33-15-17-6-8-20(28)9-7-17/h3-13H,14-15H2,1-2H3/b23-13-. The molecule has 0 saturated carbocycles. The Morgan fingerprint density at radius 1 is 1.06 bits per heavy atom. The molecule has 8 heteroatoms. The van der Waals surface area contributed by atoms with E-state index in [-0.39, 0.29) is 35.1 Å². The van der Waals surface area contributed by atoms with Gasteiger partial charge in [0.15, 0.2) is 11.5 Å². The zero-order valence-electron chi connectivity index (χ0n) is 18.5. The van der Waals surface area contributed by atoms with Crippen molar-refractivity contribution in [2.45, 2.75) is 20.1 Å². The Hall–Kier alpha value is -3.29. The molecule has 1 aliphatic heterocycles. The Labute approximate surface area is 206 Å². The third kappa shape index (κ3) is 5.43. The molecular formula is C26H21ClFNO4S. The fourth-order valence-electron chi connectivity index (χ4n) is 3.48. The van der Waals surface area contributed by atoms with Gasteiger partial charge < -0.3 is 9.47 Å². The Bertz CT molecular complexity index is 1280. The molecule has 34 heavy (non-hydrogen) atoms. The number of carbonyl (C=O) groups is 2. The van der Waals surface area contributed by atoms with E-state index in [4.69, 9.17) is 21.1 Å². The molecule has 0 N–H and O–H groups in total. The van der Waals surface area contributed by atoms with E-state index in [0.29, 0.717) is 22.0 Å². The molecule has 0 atom stereocenters. The lowest BCUT2D eigenvalue weighted by Crippen LogP contribution is -2.27. The van der Waals surface area contributed by atoms with Crippen LogP contribution in [0, 0.1) is 12.7 Å². The van der Waals surface area contributed by atoms with Crippen LogP contribution in [-0.4, -0.2) is 23.2 Å². The molecule has 1 fully saturated rings. The van der Waals surface area contributed by atoms with E-state index in [0.717, 1.165) is 28.5 Å². The summed E-state index contributed by atoms with van der Waals surface area (Å²) in [6, 6.07) is 17.0. The fraction of sp³-hybridized carbons (Fsp3) is 0.154. The summed E-state index contributed by atoms with van der Waals surface area (Å²) in [7, 11) is 1.48. The van der Waals surface area contributed by atoms with E-state index in [1.165, 1.54) is 24.1 Å². The Kier molecular flexibility index (Phi) is 7.24. The highest BCUT2D eigenvalue weighted by Crippen LogP contribution is 2.39. The van der Waals surface area contributed by atoms with E-state index in [1.807, 2.05) is 31.2 Å². The van der Waals surface area contributed by atoms with Gasteiger partial charge in [0, 0.05) is 0 Å². The molecule has 0 radical (unpaired) electrons. The van der Waals surface area contributed by atoms with Crippen molar-refractivity contribution in [3.63, 3.8) is 0 Å². The van der Waals surface area contributed by atoms with Crippen molar-refractivity contribution in [3.8, 4) is 11.5 Å². The predicted molar refractivity (Wildman–Crippen MR) is 131 cm³/mol. The first-order chi connectivity index (χ1) is 16.3. The molecule has 0 unspecified atom stereocenters. The van der Waals surface area contributed by atoms with Crippen LogP contribution < -0.4 is 9.47 Å². The SMILES string of the molecule is COc1cc(/C=C2\SC(=O)N(Cc3cccc(C)c3)C2=O)cc(Cl)c1OCc1ccc(F)cc1. The summed E-state index contributed by atoms with van der Waals surface area (Å²) >= 11 is 7.33.